The smallest absolute Gasteiger partial charge is 0.128 e. The van der Waals surface area contributed by atoms with E-state index in [1.54, 1.807) is 0 Å². The molecule has 8 bridgehead atoms. The molecule has 0 unspecified atom stereocenters. The van der Waals surface area contributed by atoms with Crippen LogP contribution >= 0.6 is 0 Å². The summed E-state index contributed by atoms with van der Waals surface area (Å²) in [6.45, 7) is -0.629. The molecule has 26 heteroatoms. The summed E-state index contributed by atoms with van der Waals surface area (Å²) in [5, 5.41) is -1.90. The van der Waals surface area contributed by atoms with Crippen LogP contribution in [0, 0.1) is 0 Å². The molecule has 4 aromatic carbocycles. The van der Waals surface area contributed by atoms with Crippen LogP contribution in [0.3, 0.4) is 0 Å². The Morgan fingerprint density at radius 2 is 0.435 bits per heavy atom. The topological polar surface area (TPSA) is 321 Å². The summed E-state index contributed by atoms with van der Waals surface area (Å²) >= 11 is 0. The van der Waals surface area contributed by atoms with E-state index < -0.39 is 81.6 Å². The predicted octanol–water partition coefficient (Wildman–Crippen LogP) is 0.938. The molecule has 0 N–H and O–H groups in total. The van der Waals surface area contributed by atoms with Crippen molar-refractivity contribution >= 4 is 62.0 Å². The SMILES string of the molecule is O=S(=O)([O-])c1ccc2c3c(S(=O)(=O)[O-])ccc(c13)OCCOCCOCCOCCOc1ccc(S(=O)(=O)[O-])c3c(ccc(S(=O)(=O)[O-])c13)OCCOCCOCCOCCO2. The van der Waals surface area contributed by atoms with Crippen molar-refractivity contribution in [2.75, 3.05) is 106 Å². The van der Waals surface area contributed by atoms with E-state index in [-0.39, 0.29) is 129 Å². The zero-order valence-corrected chi connectivity index (χ0v) is 35.8. The van der Waals surface area contributed by atoms with Crippen molar-refractivity contribution < 1.29 is 99.3 Å². The molecule has 0 aromatic heterocycles. The van der Waals surface area contributed by atoms with Gasteiger partial charge in [-0.05, 0) is 48.5 Å². The summed E-state index contributed by atoms with van der Waals surface area (Å²) in [7, 11) is -20.9. The lowest BCUT2D eigenvalue weighted by molar-refractivity contribution is 0.00498. The van der Waals surface area contributed by atoms with Crippen LogP contribution in [0.5, 0.6) is 23.0 Å². The number of rotatable bonds is 4. The van der Waals surface area contributed by atoms with Crippen molar-refractivity contribution in [2.45, 2.75) is 19.6 Å². The van der Waals surface area contributed by atoms with Gasteiger partial charge in [0.2, 0.25) is 0 Å². The van der Waals surface area contributed by atoms with Gasteiger partial charge in [-0.3, -0.25) is 0 Å². The molecule has 62 heavy (non-hydrogen) atoms. The second kappa shape index (κ2) is 22.1. The van der Waals surface area contributed by atoms with Crippen LogP contribution < -0.4 is 18.9 Å². The molecule has 0 aliphatic carbocycles. The van der Waals surface area contributed by atoms with Gasteiger partial charge < -0.3 is 65.6 Å². The van der Waals surface area contributed by atoms with Crippen molar-refractivity contribution in [2.24, 2.45) is 0 Å². The normalized spacial score (nSPS) is 17.6. The monoisotopic (exact) mass is 952 g/mol. The fourth-order valence-electron chi connectivity index (χ4n) is 5.98. The van der Waals surface area contributed by atoms with Gasteiger partial charge in [0.25, 0.3) is 0 Å². The average Bonchev–Trinajstić information content (AvgIpc) is 3.19. The Morgan fingerprint density at radius 3 is 0.597 bits per heavy atom. The Balaban J connectivity index is 1.28. The lowest BCUT2D eigenvalue weighted by Crippen LogP contribution is -2.15. The molecule has 344 valence electrons. The van der Waals surface area contributed by atoms with Gasteiger partial charge in [-0.1, -0.05) is 0 Å². The minimum atomic E-state index is -5.22. The maximum Gasteiger partial charge on any atom is 0.128 e. The molecule has 0 amide bonds. The molecule has 0 radical (unpaired) electrons. The molecular formula is C36H40O22S4-4. The summed E-state index contributed by atoms with van der Waals surface area (Å²) in [6.07, 6.45) is 0. The minimum absolute atomic E-state index is 0.0544. The first-order valence-corrected chi connectivity index (χ1v) is 24.0. The van der Waals surface area contributed by atoms with Crippen molar-refractivity contribution in [1.29, 1.82) is 0 Å². The van der Waals surface area contributed by atoms with Crippen LogP contribution in [-0.2, 0) is 68.9 Å². The Hall–Kier alpha value is -4.00. The van der Waals surface area contributed by atoms with Crippen LogP contribution in [0.2, 0.25) is 0 Å². The summed E-state index contributed by atoms with van der Waals surface area (Å²) in [6, 6.07) is 7.80. The van der Waals surface area contributed by atoms with Crippen LogP contribution in [0.1, 0.15) is 0 Å². The molecule has 0 fully saturated rings. The van der Waals surface area contributed by atoms with Gasteiger partial charge in [-0.2, -0.15) is 0 Å². The highest BCUT2D eigenvalue weighted by Crippen LogP contribution is 2.43. The number of hydrogen-bond acceptors (Lipinski definition) is 22. The molecule has 1 aliphatic rings. The van der Waals surface area contributed by atoms with Gasteiger partial charge in [0.15, 0.2) is 0 Å². The molecule has 1 aliphatic heterocycles. The summed E-state index contributed by atoms with van der Waals surface area (Å²) < 4.78 is 203. The second-order valence-electron chi connectivity index (χ2n) is 12.6. The largest absolute Gasteiger partial charge is 0.744 e. The van der Waals surface area contributed by atoms with Crippen molar-refractivity contribution in [3.63, 3.8) is 0 Å². The zero-order chi connectivity index (χ0) is 45.0. The number of ether oxygens (including phenoxy) is 10. The van der Waals surface area contributed by atoms with E-state index in [0.717, 1.165) is 48.5 Å². The Labute approximate surface area is 356 Å². The lowest BCUT2D eigenvalue weighted by atomic mass is 10.1. The lowest BCUT2D eigenvalue weighted by Gasteiger charge is -2.21. The standard InChI is InChI=1S/C36H44O22S4/c37-59(38,39)29-5-1-25-33-30(60(40,41)42)6-2-26(34(29)33)56-22-18-52-14-11-50-12-16-54-20-24-58-28-4-8-31(61(43,44)45)35-27(3-7-32(36(28)35)62(46,47)48)57-23-19-53-15-10-49-9-13-51-17-21-55-25/h1-8H,9-24H2,(H,37,38,39)(H,40,41,42)(H,43,44,45)(H,46,47,48)/p-4. The zero-order valence-electron chi connectivity index (χ0n) is 32.5. The van der Waals surface area contributed by atoms with Crippen LogP contribution in [0.25, 0.3) is 21.5 Å². The third kappa shape index (κ3) is 13.5. The molecule has 0 saturated carbocycles. The Morgan fingerprint density at radius 1 is 0.274 bits per heavy atom. The molecule has 0 atom stereocenters. The van der Waals surface area contributed by atoms with Crippen LogP contribution in [0.15, 0.2) is 68.1 Å². The first-order chi connectivity index (χ1) is 29.4. The first kappa shape index (κ1) is 49.0. The Kier molecular flexibility index (Phi) is 17.4. The van der Waals surface area contributed by atoms with E-state index in [2.05, 4.69) is 0 Å². The first-order valence-electron chi connectivity index (χ1n) is 18.4. The fraction of sp³-hybridized carbons (Fsp3) is 0.444. The van der Waals surface area contributed by atoms with Crippen LogP contribution in [-0.4, -0.2) is 158 Å². The van der Waals surface area contributed by atoms with E-state index in [9.17, 15) is 51.9 Å². The molecule has 1 heterocycles. The van der Waals surface area contributed by atoms with Gasteiger partial charge in [0, 0.05) is 21.5 Å². The summed E-state index contributed by atoms with van der Waals surface area (Å²) in [5.74, 6) is -0.957. The fourth-order valence-corrected chi connectivity index (χ4v) is 8.73. The maximum absolute atomic E-state index is 12.3. The Bertz CT molecular complexity index is 2260. The number of hydrogen-bond donors (Lipinski definition) is 0. The third-order valence-electron chi connectivity index (χ3n) is 8.52. The number of benzene rings is 4. The van der Waals surface area contributed by atoms with E-state index >= 15 is 0 Å². The predicted molar refractivity (Wildman–Crippen MR) is 207 cm³/mol. The van der Waals surface area contributed by atoms with E-state index in [1.807, 2.05) is 0 Å². The van der Waals surface area contributed by atoms with Crippen LogP contribution in [0.4, 0.5) is 0 Å². The quantitative estimate of drug-likeness (QED) is 0.257. The maximum atomic E-state index is 12.3. The van der Waals surface area contributed by atoms with Gasteiger partial charge in [0.05, 0.1) is 98.9 Å². The minimum Gasteiger partial charge on any atom is -0.744 e. The van der Waals surface area contributed by atoms with E-state index in [4.69, 9.17) is 47.4 Å². The average molecular weight is 953 g/mol. The van der Waals surface area contributed by atoms with Gasteiger partial charge >= 0.3 is 0 Å². The molecular weight excluding hydrogens is 913 g/mol. The van der Waals surface area contributed by atoms with Gasteiger partial charge in [-0.25, -0.2) is 33.7 Å². The molecule has 0 saturated heterocycles. The van der Waals surface area contributed by atoms with Crippen molar-refractivity contribution in [3.05, 3.63) is 48.5 Å². The summed E-state index contributed by atoms with van der Waals surface area (Å²) in [4.78, 5) is -3.39. The highest BCUT2D eigenvalue weighted by molar-refractivity contribution is 7.87. The van der Waals surface area contributed by atoms with Gasteiger partial charge in [0.1, 0.15) is 89.9 Å². The molecule has 22 nitrogen and oxygen atoms in total. The van der Waals surface area contributed by atoms with Crippen molar-refractivity contribution in [3.8, 4) is 23.0 Å². The van der Waals surface area contributed by atoms with Gasteiger partial charge in [-0.15, -0.1) is 0 Å². The molecule has 5 rings (SSSR count). The van der Waals surface area contributed by atoms with E-state index in [1.165, 1.54) is 0 Å². The summed E-state index contributed by atoms with van der Waals surface area (Å²) in [5.41, 5.74) is 0. The van der Waals surface area contributed by atoms with Crippen molar-refractivity contribution in [1.82, 2.24) is 0 Å². The third-order valence-corrected chi connectivity index (χ3v) is 12.0. The second-order valence-corrected chi connectivity index (χ2v) is 18.0. The molecule has 0 spiro atoms. The highest BCUT2D eigenvalue weighted by atomic mass is 32.2. The highest BCUT2D eigenvalue weighted by Gasteiger charge is 2.24. The molecule has 4 aromatic rings. The van der Waals surface area contributed by atoms with E-state index in [0.29, 0.717) is 0 Å².